The Hall–Kier alpha value is -1.51. The van der Waals surface area contributed by atoms with Crippen LogP contribution in [-0.2, 0) is 0 Å². The Bertz CT molecular complexity index is 501. The summed E-state index contributed by atoms with van der Waals surface area (Å²) in [5, 5.41) is 4.06. The van der Waals surface area contributed by atoms with Crippen molar-refractivity contribution in [3.8, 4) is 5.75 Å². The number of para-hydroxylation sites is 1. The smallest absolute Gasteiger partial charge is 0.137 e. The second-order valence-electron chi connectivity index (χ2n) is 4.26. The Morgan fingerprint density at radius 3 is 2.42 bits per heavy atom. The van der Waals surface area contributed by atoms with Crippen molar-refractivity contribution in [1.82, 2.24) is 5.32 Å². The molecule has 0 spiro atoms. The van der Waals surface area contributed by atoms with E-state index in [0.717, 1.165) is 12.3 Å². The van der Waals surface area contributed by atoms with Gasteiger partial charge in [0.2, 0.25) is 0 Å². The number of hydrogen-bond acceptors (Lipinski definition) is 2. The summed E-state index contributed by atoms with van der Waals surface area (Å²) in [5.41, 5.74) is 1.22. The average Bonchev–Trinajstić information content (AvgIpc) is 2.46. The van der Waals surface area contributed by atoms with Crippen LogP contribution in [0.4, 0.5) is 0 Å². The highest BCUT2D eigenvalue weighted by atomic mass is 35.5. The van der Waals surface area contributed by atoms with Crippen molar-refractivity contribution in [3.05, 3.63) is 65.2 Å². The first-order valence-electron chi connectivity index (χ1n) is 6.47. The molecule has 0 saturated heterocycles. The van der Waals surface area contributed by atoms with E-state index in [1.165, 1.54) is 5.56 Å². The molecule has 0 fully saturated rings. The molecule has 100 valence electrons. The third-order valence-electron chi connectivity index (χ3n) is 2.89. The van der Waals surface area contributed by atoms with Crippen LogP contribution in [0.2, 0.25) is 5.02 Å². The van der Waals surface area contributed by atoms with Gasteiger partial charge >= 0.3 is 0 Å². The summed E-state index contributed by atoms with van der Waals surface area (Å²) in [7, 11) is 0. The van der Waals surface area contributed by atoms with E-state index in [1.807, 2.05) is 42.5 Å². The van der Waals surface area contributed by atoms with Gasteiger partial charge in [-0.25, -0.2) is 0 Å². The number of nitrogens with one attached hydrogen (secondary N) is 1. The van der Waals surface area contributed by atoms with E-state index in [2.05, 4.69) is 24.4 Å². The Balaban J connectivity index is 2.04. The van der Waals surface area contributed by atoms with E-state index in [4.69, 9.17) is 16.3 Å². The molecule has 19 heavy (non-hydrogen) atoms. The van der Waals surface area contributed by atoms with Gasteiger partial charge in [-0.05, 0) is 24.2 Å². The van der Waals surface area contributed by atoms with Gasteiger partial charge in [0, 0.05) is 0 Å². The van der Waals surface area contributed by atoms with Crippen molar-refractivity contribution in [3.63, 3.8) is 0 Å². The summed E-state index contributed by atoms with van der Waals surface area (Å²) < 4.78 is 5.81. The lowest BCUT2D eigenvalue weighted by atomic mass is 10.1. The molecular weight excluding hydrogens is 258 g/mol. The zero-order valence-corrected chi connectivity index (χ0v) is 11.7. The van der Waals surface area contributed by atoms with E-state index < -0.39 is 0 Å². The summed E-state index contributed by atoms with van der Waals surface area (Å²) in [6.45, 7) is 3.54. The van der Waals surface area contributed by atoms with Gasteiger partial charge in [-0.1, -0.05) is 61.0 Å². The van der Waals surface area contributed by atoms with Crippen LogP contribution >= 0.6 is 11.6 Å². The van der Waals surface area contributed by atoms with E-state index in [1.54, 1.807) is 0 Å². The second kappa shape index (κ2) is 7.17. The third-order valence-corrected chi connectivity index (χ3v) is 3.21. The van der Waals surface area contributed by atoms with Crippen LogP contribution in [0.15, 0.2) is 54.6 Å². The zero-order valence-electron chi connectivity index (χ0n) is 11.0. The molecule has 0 aliphatic carbocycles. The van der Waals surface area contributed by atoms with Crippen LogP contribution in [0.3, 0.4) is 0 Å². The standard InChI is InChI=1S/C16H18ClNO/c1-2-18-15(13-8-4-3-5-9-13)12-19-16-11-7-6-10-14(16)17/h3-11,15,18H,2,12H2,1H3. The molecule has 1 unspecified atom stereocenters. The van der Waals surface area contributed by atoms with Gasteiger partial charge in [0.05, 0.1) is 11.1 Å². The van der Waals surface area contributed by atoms with Gasteiger partial charge in [0.1, 0.15) is 12.4 Å². The van der Waals surface area contributed by atoms with Gasteiger partial charge in [-0.2, -0.15) is 0 Å². The predicted octanol–water partition coefficient (Wildman–Crippen LogP) is 4.07. The van der Waals surface area contributed by atoms with Crippen LogP contribution < -0.4 is 10.1 Å². The lowest BCUT2D eigenvalue weighted by Gasteiger charge is -2.19. The molecule has 0 radical (unpaired) electrons. The molecule has 2 aromatic rings. The fraction of sp³-hybridized carbons (Fsp3) is 0.250. The molecule has 0 aromatic heterocycles. The van der Waals surface area contributed by atoms with Crippen molar-refractivity contribution in [2.75, 3.05) is 13.2 Å². The molecule has 1 atom stereocenters. The van der Waals surface area contributed by atoms with Gasteiger partial charge in [-0.3, -0.25) is 0 Å². The van der Waals surface area contributed by atoms with Crippen LogP contribution in [0.5, 0.6) is 5.75 Å². The van der Waals surface area contributed by atoms with E-state index >= 15 is 0 Å². The number of benzene rings is 2. The Labute approximate surface area is 119 Å². The van der Waals surface area contributed by atoms with E-state index in [-0.39, 0.29) is 6.04 Å². The molecule has 2 nitrogen and oxygen atoms in total. The summed E-state index contributed by atoms with van der Waals surface area (Å²) >= 11 is 6.09. The number of hydrogen-bond donors (Lipinski definition) is 1. The van der Waals surface area contributed by atoms with Gasteiger partial charge < -0.3 is 10.1 Å². The van der Waals surface area contributed by atoms with Crippen molar-refractivity contribution in [1.29, 1.82) is 0 Å². The van der Waals surface area contributed by atoms with Crippen LogP contribution in [0.1, 0.15) is 18.5 Å². The van der Waals surface area contributed by atoms with Crippen molar-refractivity contribution in [2.45, 2.75) is 13.0 Å². The molecule has 2 aromatic carbocycles. The van der Waals surface area contributed by atoms with Crippen LogP contribution in [0, 0.1) is 0 Å². The molecule has 0 heterocycles. The minimum atomic E-state index is 0.169. The van der Waals surface area contributed by atoms with Gasteiger partial charge in [0.15, 0.2) is 0 Å². The minimum absolute atomic E-state index is 0.169. The Kier molecular flexibility index (Phi) is 5.25. The van der Waals surface area contributed by atoms with Crippen molar-refractivity contribution in [2.24, 2.45) is 0 Å². The molecule has 0 bridgehead atoms. The first kappa shape index (κ1) is 13.9. The van der Waals surface area contributed by atoms with Crippen LogP contribution in [-0.4, -0.2) is 13.2 Å². The first-order valence-corrected chi connectivity index (χ1v) is 6.84. The van der Waals surface area contributed by atoms with Crippen molar-refractivity contribution >= 4 is 11.6 Å². The monoisotopic (exact) mass is 275 g/mol. The molecule has 2 rings (SSSR count). The van der Waals surface area contributed by atoms with E-state index in [9.17, 15) is 0 Å². The molecule has 0 amide bonds. The molecule has 0 aliphatic rings. The number of rotatable bonds is 6. The quantitative estimate of drug-likeness (QED) is 0.858. The summed E-state index contributed by atoms with van der Waals surface area (Å²) in [6.07, 6.45) is 0. The maximum atomic E-state index is 6.09. The minimum Gasteiger partial charge on any atom is -0.490 e. The van der Waals surface area contributed by atoms with Crippen molar-refractivity contribution < 1.29 is 4.74 Å². The summed E-state index contributed by atoms with van der Waals surface area (Å²) in [4.78, 5) is 0. The average molecular weight is 276 g/mol. The number of ether oxygens (including phenoxy) is 1. The third kappa shape index (κ3) is 3.98. The summed E-state index contributed by atoms with van der Waals surface area (Å²) in [6, 6.07) is 18.0. The first-order chi connectivity index (χ1) is 9.31. The second-order valence-corrected chi connectivity index (χ2v) is 4.67. The van der Waals surface area contributed by atoms with Gasteiger partial charge in [-0.15, -0.1) is 0 Å². The number of likely N-dealkylation sites (N-methyl/N-ethyl adjacent to an activating group) is 1. The molecule has 0 saturated carbocycles. The topological polar surface area (TPSA) is 21.3 Å². The lowest BCUT2D eigenvalue weighted by molar-refractivity contribution is 0.268. The maximum absolute atomic E-state index is 6.09. The zero-order chi connectivity index (χ0) is 13.5. The fourth-order valence-corrected chi connectivity index (χ4v) is 2.13. The highest BCUT2D eigenvalue weighted by molar-refractivity contribution is 6.32. The molecule has 0 aliphatic heterocycles. The molecular formula is C16H18ClNO. The largest absolute Gasteiger partial charge is 0.490 e. The molecule has 1 N–H and O–H groups in total. The lowest BCUT2D eigenvalue weighted by Crippen LogP contribution is -2.26. The fourth-order valence-electron chi connectivity index (χ4n) is 1.94. The summed E-state index contributed by atoms with van der Waals surface area (Å²) in [5.74, 6) is 0.725. The Morgan fingerprint density at radius 2 is 1.74 bits per heavy atom. The maximum Gasteiger partial charge on any atom is 0.137 e. The normalized spacial score (nSPS) is 12.1. The number of halogens is 1. The highest BCUT2D eigenvalue weighted by Crippen LogP contribution is 2.24. The highest BCUT2D eigenvalue weighted by Gasteiger charge is 2.11. The SMILES string of the molecule is CCNC(COc1ccccc1Cl)c1ccccc1. The van der Waals surface area contributed by atoms with Gasteiger partial charge in [0.25, 0.3) is 0 Å². The van der Waals surface area contributed by atoms with Crippen LogP contribution in [0.25, 0.3) is 0 Å². The van der Waals surface area contributed by atoms with E-state index in [0.29, 0.717) is 11.6 Å². The molecule has 3 heteroatoms. The predicted molar refractivity (Wildman–Crippen MR) is 79.8 cm³/mol. The Morgan fingerprint density at radius 1 is 1.05 bits per heavy atom.